The summed E-state index contributed by atoms with van der Waals surface area (Å²) >= 11 is 0. The third-order valence-corrected chi connectivity index (χ3v) is 18.3. The SMILES string of the molecule is CNC(=O)CCC(C)SSC(C)(C)CCC(=O)C[C@@H](C)C(=O)Nc1cc(COc2cc3c(cc2C)C(=O)N2c4ccccc4C[C@H]2C=N3)cc(COc2cc3c(cc2OC)C(=O)N2c4ccccc4C[C@H]2CC3)c1. The van der Waals surface area contributed by atoms with Crippen LogP contribution in [0.15, 0.2) is 96.0 Å². The highest BCUT2D eigenvalue weighted by Gasteiger charge is 2.39. The molecule has 0 radical (unpaired) electrons. The predicted octanol–water partition coefficient (Wildman–Crippen LogP) is 11.4. The van der Waals surface area contributed by atoms with E-state index >= 15 is 0 Å². The molecule has 0 aliphatic carbocycles. The van der Waals surface area contributed by atoms with Gasteiger partial charge in [0, 0.05) is 89.6 Å². The number of ketones is 1. The van der Waals surface area contributed by atoms with Gasteiger partial charge in [0.1, 0.15) is 24.7 Å². The van der Waals surface area contributed by atoms with Crippen LogP contribution in [0, 0.1) is 12.8 Å². The Balaban J connectivity index is 0.906. The smallest absolute Gasteiger partial charge is 0.261 e. The fourth-order valence-corrected chi connectivity index (χ4v) is 12.9. The maximum absolute atomic E-state index is 14.2. The fraction of sp³-hybridized carbons (Fsp3) is 0.390. The number of carbonyl (C=O) groups excluding carboxylic acids is 5. The molecule has 4 heterocycles. The molecule has 2 N–H and O–H groups in total. The average Bonchev–Trinajstić information content (AvgIpc) is 3.89. The van der Waals surface area contributed by atoms with Crippen LogP contribution in [-0.4, -0.2) is 71.9 Å². The van der Waals surface area contributed by atoms with Gasteiger partial charge in [-0.1, -0.05) is 71.8 Å². The number of fused-ring (bicyclic) bond motifs is 8. The third kappa shape index (κ3) is 11.7. The molecule has 0 bridgehead atoms. The minimum absolute atomic E-state index is 0.0178. The van der Waals surface area contributed by atoms with Gasteiger partial charge in [-0.25, -0.2) is 0 Å². The second-order valence-electron chi connectivity index (χ2n) is 20.6. The van der Waals surface area contributed by atoms with Gasteiger partial charge >= 0.3 is 0 Å². The Morgan fingerprint density at radius 2 is 1.47 bits per heavy atom. The second-order valence-corrected chi connectivity index (χ2v) is 23.9. The Hall–Kier alpha value is -6.58. The molecule has 0 saturated carbocycles. The zero-order valence-corrected chi connectivity index (χ0v) is 44.9. The number of rotatable bonds is 20. The molecule has 4 atom stereocenters. The number of hydrogen-bond donors (Lipinski definition) is 2. The summed E-state index contributed by atoms with van der Waals surface area (Å²) < 4.78 is 18.7. The standard InChI is InChI=1S/C59H65N5O8S2/c1-35-23-48-49(61-32-45-28-42-13-9-11-15-51(42)64(45)58(48)69)31-52(35)71-33-38-24-39(26-43(25-38)62-56(67)36(2)22-46(65)20-21-59(4,5)74-73-37(3)16-19-55(66)60-6)34-72-54-29-40-17-18-44-27-41-12-8-10-14-50(41)63(44)57(68)47(40)30-53(54)70-7/h8-15,23-26,29-32,36-37,44-45H,16-22,27-28,33-34H2,1-7H3,(H,60,66)(H,62,67)/t36-,37?,44-,45+/m1/s1. The van der Waals surface area contributed by atoms with Crippen LogP contribution < -0.4 is 34.6 Å². The molecule has 4 aliphatic heterocycles. The van der Waals surface area contributed by atoms with Crippen LogP contribution in [0.2, 0.25) is 0 Å². The van der Waals surface area contributed by atoms with E-state index in [0.717, 1.165) is 58.5 Å². The first-order valence-electron chi connectivity index (χ1n) is 25.6. The number of para-hydroxylation sites is 2. The van der Waals surface area contributed by atoms with E-state index in [4.69, 9.17) is 19.2 Å². The van der Waals surface area contributed by atoms with Crippen molar-refractivity contribution in [2.45, 2.75) is 128 Å². The van der Waals surface area contributed by atoms with E-state index in [2.05, 4.69) is 43.5 Å². The largest absolute Gasteiger partial charge is 0.493 e. The summed E-state index contributed by atoms with van der Waals surface area (Å²) in [5.41, 5.74) is 9.48. The Morgan fingerprint density at radius 3 is 2.19 bits per heavy atom. The lowest BCUT2D eigenvalue weighted by atomic mass is 9.97. The Morgan fingerprint density at radius 1 is 0.797 bits per heavy atom. The second kappa shape index (κ2) is 22.5. The number of ether oxygens (including phenoxy) is 3. The van der Waals surface area contributed by atoms with Gasteiger partial charge in [-0.2, -0.15) is 0 Å². The van der Waals surface area contributed by atoms with Gasteiger partial charge in [0.15, 0.2) is 11.5 Å². The number of anilines is 3. The van der Waals surface area contributed by atoms with Crippen LogP contribution in [0.4, 0.5) is 22.7 Å². The number of carbonyl (C=O) groups is 5. The number of nitrogens with zero attached hydrogens (tertiary/aromatic N) is 3. The average molecular weight is 1040 g/mol. The van der Waals surface area contributed by atoms with Crippen LogP contribution in [0.25, 0.3) is 0 Å². The van der Waals surface area contributed by atoms with Crippen LogP contribution in [0.3, 0.4) is 0 Å². The number of aryl methyl sites for hydroxylation is 2. The predicted molar refractivity (Wildman–Crippen MR) is 296 cm³/mol. The van der Waals surface area contributed by atoms with Crippen LogP contribution in [-0.2, 0) is 46.9 Å². The summed E-state index contributed by atoms with van der Waals surface area (Å²) in [5.74, 6) is 0.519. The maximum atomic E-state index is 14.2. The molecular formula is C59H65N5O8S2. The molecule has 4 amide bonds. The number of Topliss-reactive ketones (excluding diaryl/α,β-unsaturated/α-hetero) is 1. The normalized spacial score (nSPS) is 17.1. The highest BCUT2D eigenvalue weighted by Crippen LogP contribution is 2.44. The zero-order valence-electron chi connectivity index (χ0n) is 43.2. The fourth-order valence-electron chi connectivity index (χ4n) is 10.2. The summed E-state index contributed by atoms with van der Waals surface area (Å²) in [5, 5.41) is 6.03. The van der Waals surface area contributed by atoms with Crippen molar-refractivity contribution in [3.63, 3.8) is 0 Å². The van der Waals surface area contributed by atoms with Crippen LogP contribution in [0.1, 0.15) is 120 Å². The minimum atomic E-state index is -0.595. The van der Waals surface area contributed by atoms with Gasteiger partial charge < -0.3 is 29.7 Å². The Bertz CT molecular complexity index is 3030. The molecule has 1 unspecified atom stereocenters. The molecule has 386 valence electrons. The number of amides is 4. The van der Waals surface area contributed by atoms with E-state index in [1.165, 1.54) is 5.56 Å². The molecule has 0 spiro atoms. The molecular weight excluding hydrogens is 971 g/mol. The molecule has 0 fully saturated rings. The van der Waals surface area contributed by atoms with E-state index in [0.29, 0.717) is 71.9 Å². The molecule has 4 aliphatic rings. The molecule has 5 aromatic rings. The van der Waals surface area contributed by atoms with Crippen molar-refractivity contribution in [2.75, 3.05) is 29.3 Å². The van der Waals surface area contributed by atoms with Crippen molar-refractivity contribution in [1.82, 2.24) is 5.32 Å². The van der Waals surface area contributed by atoms with Gasteiger partial charge in [-0.3, -0.25) is 33.9 Å². The highest BCUT2D eigenvalue weighted by molar-refractivity contribution is 8.77. The first kappa shape index (κ1) is 52.3. The van der Waals surface area contributed by atoms with Gasteiger partial charge in [-0.05, 0) is 135 Å². The molecule has 0 aromatic heterocycles. The molecule has 9 rings (SSSR count). The van der Waals surface area contributed by atoms with Crippen LogP contribution >= 0.6 is 21.6 Å². The summed E-state index contributed by atoms with van der Waals surface area (Å²) in [7, 11) is 6.68. The van der Waals surface area contributed by atoms with Gasteiger partial charge in [0.2, 0.25) is 11.8 Å². The molecule has 74 heavy (non-hydrogen) atoms. The summed E-state index contributed by atoms with van der Waals surface area (Å²) in [6.07, 6.45) is 7.22. The summed E-state index contributed by atoms with van der Waals surface area (Å²) in [6.45, 7) is 10.2. The quantitative estimate of drug-likeness (QED) is 0.0720. The maximum Gasteiger partial charge on any atom is 0.261 e. The summed E-state index contributed by atoms with van der Waals surface area (Å²) in [6, 6.07) is 29.0. The highest BCUT2D eigenvalue weighted by atomic mass is 33.1. The van der Waals surface area contributed by atoms with Crippen LogP contribution in [0.5, 0.6) is 17.2 Å². The van der Waals surface area contributed by atoms with Gasteiger partial charge in [0.25, 0.3) is 11.8 Å². The van der Waals surface area contributed by atoms with Crippen molar-refractivity contribution in [3.05, 3.63) is 136 Å². The van der Waals surface area contributed by atoms with Crippen molar-refractivity contribution in [3.8, 4) is 17.2 Å². The van der Waals surface area contributed by atoms with E-state index in [-0.39, 0.29) is 71.1 Å². The Kier molecular flexibility index (Phi) is 15.9. The van der Waals surface area contributed by atoms with E-state index in [9.17, 15) is 24.0 Å². The monoisotopic (exact) mass is 1040 g/mol. The van der Waals surface area contributed by atoms with Crippen molar-refractivity contribution in [2.24, 2.45) is 10.9 Å². The Labute approximate surface area is 442 Å². The first-order chi connectivity index (χ1) is 35.6. The molecule has 5 aromatic carbocycles. The number of hydrogen-bond acceptors (Lipinski definition) is 11. The third-order valence-electron chi connectivity index (χ3n) is 14.4. The lowest BCUT2D eigenvalue weighted by Crippen LogP contribution is -2.37. The van der Waals surface area contributed by atoms with Crippen molar-refractivity contribution < 1.29 is 38.2 Å². The number of nitrogens with one attached hydrogen (secondary N) is 2. The van der Waals surface area contributed by atoms with Crippen molar-refractivity contribution in [1.29, 1.82) is 0 Å². The number of aliphatic imine (C=N–C) groups is 1. The molecule has 0 saturated heterocycles. The lowest BCUT2D eigenvalue weighted by molar-refractivity contribution is -0.125. The number of methoxy groups -OCH3 is 1. The van der Waals surface area contributed by atoms with E-state index in [1.807, 2.05) is 95.7 Å². The lowest BCUT2D eigenvalue weighted by Gasteiger charge is -2.25. The van der Waals surface area contributed by atoms with Crippen molar-refractivity contribution >= 4 is 80.0 Å². The first-order valence-corrected chi connectivity index (χ1v) is 27.8. The minimum Gasteiger partial charge on any atom is -0.493 e. The van der Waals surface area contributed by atoms with Gasteiger partial charge in [0.05, 0.1) is 24.4 Å². The summed E-state index contributed by atoms with van der Waals surface area (Å²) in [4.78, 5) is 75.7. The molecule has 15 heteroatoms. The zero-order chi connectivity index (χ0) is 52.3. The van der Waals surface area contributed by atoms with E-state index < -0.39 is 5.92 Å². The number of benzene rings is 5. The van der Waals surface area contributed by atoms with E-state index in [1.54, 1.807) is 48.7 Å². The topological polar surface area (TPSA) is 156 Å². The van der Waals surface area contributed by atoms with Gasteiger partial charge in [-0.15, -0.1) is 0 Å². The molecule has 13 nitrogen and oxygen atoms in total.